The van der Waals surface area contributed by atoms with Gasteiger partial charge in [0.1, 0.15) is 13.2 Å². The third-order valence-electron chi connectivity index (χ3n) is 13.6. The third kappa shape index (κ3) is 49.8. The van der Waals surface area contributed by atoms with Crippen LogP contribution in [0.5, 0.6) is 0 Å². The Bertz CT molecular complexity index is 980. The Balaban J connectivity index is 4.26. The van der Waals surface area contributed by atoms with Crippen molar-refractivity contribution in [3.05, 3.63) is 0 Å². The number of carbonyl (C=O) groups is 3. The molecule has 0 saturated carbocycles. The Morgan fingerprint density at radius 1 is 0.328 bits per heavy atom. The van der Waals surface area contributed by atoms with Gasteiger partial charge in [-0.2, -0.15) is 0 Å². The molecule has 0 rings (SSSR count). The second kappa shape index (κ2) is 50.8. The normalized spacial score (nSPS) is 12.5. The number of unbranched alkanes of at least 4 members (excludes halogenated alkanes) is 36. The summed E-state index contributed by atoms with van der Waals surface area (Å²) in [4.78, 5) is 38.1. The van der Waals surface area contributed by atoms with Gasteiger partial charge in [0.25, 0.3) is 0 Å². The number of hydrogen-bond donors (Lipinski definition) is 0. The summed E-state index contributed by atoms with van der Waals surface area (Å²) < 4.78 is 16.9. The molecular formula is C58H112O6. The summed E-state index contributed by atoms with van der Waals surface area (Å²) in [6.45, 7) is 11.4. The Morgan fingerprint density at radius 3 is 0.891 bits per heavy atom. The van der Waals surface area contributed by atoms with Crippen molar-refractivity contribution in [2.24, 2.45) is 11.8 Å². The lowest BCUT2D eigenvalue weighted by atomic mass is 9.99. The second-order valence-corrected chi connectivity index (χ2v) is 20.6. The van der Waals surface area contributed by atoms with Gasteiger partial charge in [0.05, 0.1) is 0 Å². The molecular weight excluding hydrogens is 793 g/mol. The molecule has 1 unspecified atom stereocenters. The first kappa shape index (κ1) is 62.4. The van der Waals surface area contributed by atoms with Gasteiger partial charge < -0.3 is 14.2 Å². The van der Waals surface area contributed by atoms with Crippen LogP contribution < -0.4 is 0 Å². The van der Waals surface area contributed by atoms with Crippen LogP contribution in [0, 0.1) is 11.8 Å². The fraction of sp³-hybridized carbons (Fsp3) is 0.948. The maximum atomic E-state index is 12.8. The van der Waals surface area contributed by atoms with Crippen molar-refractivity contribution < 1.29 is 28.6 Å². The van der Waals surface area contributed by atoms with Gasteiger partial charge in [-0.3, -0.25) is 14.4 Å². The molecule has 0 aromatic rings. The largest absolute Gasteiger partial charge is 0.462 e. The van der Waals surface area contributed by atoms with Gasteiger partial charge in [-0.25, -0.2) is 0 Å². The molecule has 6 heteroatoms. The summed E-state index contributed by atoms with van der Waals surface area (Å²) in [7, 11) is 0. The molecule has 380 valence electrons. The van der Waals surface area contributed by atoms with Gasteiger partial charge in [0.15, 0.2) is 6.10 Å². The lowest BCUT2D eigenvalue weighted by Gasteiger charge is -2.18. The predicted octanol–water partition coefficient (Wildman–Crippen LogP) is 18.9. The first-order valence-electron chi connectivity index (χ1n) is 28.8. The topological polar surface area (TPSA) is 78.9 Å². The number of esters is 3. The van der Waals surface area contributed by atoms with Crippen LogP contribution in [0.2, 0.25) is 0 Å². The van der Waals surface area contributed by atoms with Crippen LogP contribution >= 0.6 is 0 Å². The zero-order valence-electron chi connectivity index (χ0n) is 43.9. The molecule has 0 radical (unpaired) electrons. The van der Waals surface area contributed by atoms with E-state index in [0.717, 1.165) is 69.6 Å². The number of carbonyl (C=O) groups excluding carboxylic acids is 3. The standard InChI is InChI=1S/C58H112O6/c1-6-8-9-10-11-12-13-14-17-21-24-27-33-38-43-48-56(59)62-51-55(64-58(61)50-45-40-35-30-29-32-37-42-47-54(5)7-2)52-63-57(60)49-44-39-34-28-25-22-19-16-15-18-20-23-26-31-36-41-46-53(3)4/h53-55H,6-52H2,1-5H3/t54?,55-/m0/s1. The zero-order valence-corrected chi connectivity index (χ0v) is 43.9. The summed E-state index contributed by atoms with van der Waals surface area (Å²) in [6, 6.07) is 0. The van der Waals surface area contributed by atoms with E-state index in [1.54, 1.807) is 0 Å². The molecule has 0 saturated heterocycles. The predicted molar refractivity (Wildman–Crippen MR) is 275 cm³/mol. The minimum Gasteiger partial charge on any atom is -0.462 e. The highest BCUT2D eigenvalue weighted by molar-refractivity contribution is 5.71. The molecule has 0 aliphatic carbocycles. The molecule has 0 amide bonds. The van der Waals surface area contributed by atoms with E-state index in [0.29, 0.717) is 19.3 Å². The van der Waals surface area contributed by atoms with Gasteiger partial charge in [-0.15, -0.1) is 0 Å². The molecule has 0 aromatic heterocycles. The van der Waals surface area contributed by atoms with Gasteiger partial charge in [-0.1, -0.05) is 285 Å². The molecule has 0 aliphatic rings. The summed E-state index contributed by atoms with van der Waals surface area (Å²) in [6.07, 6.45) is 53.7. The van der Waals surface area contributed by atoms with Gasteiger partial charge in [0.2, 0.25) is 0 Å². The van der Waals surface area contributed by atoms with E-state index in [1.807, 2.05) is 0 Å². The number of rotatable bonds is 52. The fourth-order valence-electron chi connectivity index (χ4n) is 8.84. The molecule has 0 aromatic carbocycles. The smallest absolute Gasteiger partial charge is 0.306 e. The molecule has 0 N–H and O–H groups in total. The maximum Gasteiger partial charge on any atom is 0.306 e. The first-order chi connectivity index (χ1) is 31.3. The molecule has 0 fully saturated rings. The summed E-state index contributed by atoms with van der Waals surface area (Å²) in [5.74, 6) is 0.856. The van der Waals surface area contributed by atoms with Crippen molar-refractivity contribution in [2.75, 3.05) is 13.2 Å². The van der Waals surface area contributed by atoms with Crippen LogP contribution in [0.4, 0.5) is 0 Å². The molecule has 0 aliphatic heterocycles. The lowest BCUT2D eigenvalue weighted by Crippen LogP contribution is -2.30. The zero-order chi connectivity index (χ0) is 46.8. The highest BCUT2D eigenvalue weighted by Crippen LogP contribution is 2.18. The van der Waals surface area contributed by atoms with E-state index in [4.69, 9.17) is 14.2 Å². The number of ether oxygens (including phenoxy) is 3. The van der Waals surface area contributed by atoms with Crippen LogP contribution in [0.3, 0.4) is 0 Å². The summed E-state index contributed by atoms with van der Waals surface area (Å²) in [5.41, 5.74) is 0. The van der Waals surface area contributed by atoms with E-state index < -0.39 is 6.10 Å². The van der Waals surface area contributed by atoms with Crippen molar-refractivity contribution in [1.82, 2.24) is 0 Å². The molecule has 0 spiro atoms. The third-order valence-corrected chi connectivity index (χ3v) is 13.6. The van der Waals surface area contributed by atoms with E-state index in [9.17, 15) is 14.4 Å². The molecule has 64 heavy (non-hydrogen) atoms. The molecule has 0 heterocycles. The van der Waals surface area contributed by atoms with Crippen LogP contribution in [-0.4, -0.2) is 37.2 Å². The van der Waals surface area contributed by atoms with E-state index in [2.05, 4.69) is 34.6 Å². The van der Waals surface area contributed by atoms with Crippen LogP contribution in [0.25, 0.3) is 0 Å². The van der Waals surface area contributed by atoms with Gasteiger partial charge >= 0.3 is 17.9 Å². The van der Waals surface area contributed by atoms with Crippen LogP contribution in [-0.2, 0) is 28.6 Å². The van der Waals surface area contributed by atoms with Crippen molar-refractivity contribution in [3.8, 4) is 0 Å². The van der Waals surface area contributed by atoms with E-state index >= 15 is 0 Å². The van der Waals surface area contributed by atoms with Crippen molar-refractivity contribution in [1.29, 1.82) is 0 Å². The Hall–Kier alpha value is -1.59. The summed E-state index contributed by atoms with van der Waals surface area (Å²) in [5, 5.41) is 0. The minimum absolute atomic E-state index is 0.0632. The highest BCUT2D eigenvalue weighted by atomic mass is 16.6. The Kier molecular flexibility index (Phi) is 49.6. The quantitative estimate of drug-likeness (QED) is 0.0344. The van der Waals surface area contributed by atoms with Crippen molar-refractivity contribution >= 4 is 17.9 Å². The van der Waals surface area contributed by atoms with Crippen molar-refractivity contribution in [3.63, 3.8) is 0 Å². The van der Waals surface area contributed by atoms with Gasteiger partial charge in [0, 0.05) is 19.3 Å². The molecule has 6 nitrogen and oxygen atoms in total. The first-order valence-corrected chi connectivity index (χ1v) is 28.8. The lowest BCUT2D eigenvalue weighted by molar-refractivity contribution is -0.167. The minimum atomic E-state index is -0.763. The van der Waals surface area contributed by atoms with Crippen molar-refractivity contribution in [2.45, 2.75) is 330 Å². The van der Waals surface area contributed by atoms with Gasteiger partial charge in [-0.05, 0) is 31.1 Å². The highest BCUT2D eigenvalue weighted by Gasteiger charge is 2.19. The van der Waals surface area contributed by atoms with Crippen LogP contribution in [0.15, 0.2) is 0 Å². The second-order valence-electron chi connectivity index (χ2n) is 20.6. The Morgan fingerprint density at radius 2 is 0.594 bits per heavy atom. The van der Waals surface area contributed by atoms with Crippen LogP contribution in [0.1, 0.15) is 324 Å². The van der Waals surface area contributed by atoms with E-state index in [-0.39, 0.29) is 31.1 Å². The molecule has 0 bridgehead atoms. The monoisotopic (exact) mass is 905 g/mol. The maximum absolute atomic E-state index is 12.8. The Labute approximate surface area is 399 Å². The summed E-state index contributed by atoms with van der Waals surface area (Å²) >= 11 is 0. The van der Waals surface area contributed by atoms with E-state index in [1.165, 1.54) is 212 Å². The number of hydrogen-bond acceptors (Lipinski definition) is 6. The molecule has 2 atom stereocenters. The SMILES string of the molecule is CCCCCCCCCCCCCCCCCC(=O)OC[C@@H](COC(=O)CCCCCCCCCCCCCCCCCCC(C)C)OC(=O)CCCCCCCCCCC(C)CC. The average molecular weight is 906 g/mol. The average Bonchev–Trinajstić information content (AvgIpc) is 3.28. The fourth-order valence-corrected chi connectivity index (χ4v) is 8.84.